The first-order chi connectivity index (χ1) is 10.7. The van der Waals surface area contributed by atoms with E-state index in [0.717, 1.165) is 0 Å². The van der Waals surface area contributed by atoms with Gasteiger partial charge >= 0.3 is 14.9 Å². The van der Waals surface area contributed by atoms with Crippen molar-refractivity contribution in [2.45, 2.75) is 0 Å². The highest BCUT2D eigenvalue weighted by molar-refractivity contribution is 6.61. The Morgan fingerprint density at radius 1 is 0.870 bits per heavy atom. The van der Waals surface area contributed by atoms with Crippen molar-refractivity contribution >= 4 is 14.9 Å². The topological polar surface area (TPSA) is 66.0 Å². The Morgan fingerprint density at radius 2 is 1.26 bits per heavy atom. The van der Waals surface area contributed by atoms with Crippen molar-refractivity contribution in [3.63, 3.8) is 0 Å². The number of rotatable bonds is 6. The molecule has 0 spiro atoms. The van der Waals surface area contributed by atoms with Gasteiger partial charge in [-0.25, -0.2) is 18.0 Å². The van der Waals surface area contributed by atoms with Crippen LogP contribution in [0.3, 0.4) is 0 Å². The molecule has 0 unspecified atom stereocenters. The first-order valence-electron chi connectivity index (χ1n) is 5.85. The third-order valence-electron chi connectivity index (χ3n) is 2.75. The van der Waals surface area contributed by atoms with E-state index in [-0.39, 0.29) is 6.17 Å². The van der Waals surface area contributed by atoms with Gasteiger partial charge in [-0.1, -0.05) is 0 Å². The van der Waals surface area contributed by atoms with Gasteiger partial charge in [0.25, 0.3) is 0 Å². The van der Waals surface area contributed by atoms with Gasteiger partial charge < -0.3 is 23.3 Å². The van der Waals surface area contributed by atoms with E-state index in [9.17, 15) is 26.7 Å². The standard InChI is InChI=1S/C11H12F5NO5Si/c1-19-23(20-2,21-3)4-17-11(18)22-10-8(15)6(13)5(12)7(14)9(10)16/h4H2,1-3H3,(H,17,18). The Hall–Kier alpha value is -1.76. The molecule has 23 heavy (non-hydrogen) atoms. The highest BCUT2D eigenvalue weighted by Crippen LogP contribution is 2.29. The molecule has 12 heteroatoms. The second kappa shape index (κ2) is 7.67. The molecule has 0 aliphatic carbocycles. The van der Waals surface area contributed by atoms with Crippen LogP contribution in [0.5, 0.6) is 5.75 Å². The molecule has 0 heterocycles. The molecule has 0 aromatic heterocycles. The van der Waals surface area contributed by atoms with Crippen LogP contribution in [0.25, 0.3) is 0 Å². The van der Waals surface area contributed by atoms with Crippen LogP contribution >= 0.6 is 0 Å². The number of carbonyl (C=O) groups excluding carboxylic acids is 1. The fraction of sp³-hybridized carbons (Fsp3) is 0.364. The highest BCUT2D eigenvalue weighted by atomic mass is 28.4. The lowest BCUT2D eigenvalue weighted by atomic mass is 10.3. The number of carbonyl (C=O) groups is 1. The summed E-state index contributed by atoms with van der Waals surface area (Å²) in [5.74, 6) is -13.1. The van der Waals surface area contributed by atoms with Gasteiger partial charge in [0, 0.05) is 21.3 Å². The molecule has 0 aliphatic rings. The summed E-state index contributed by atoms with van der Waals surface area (Å²) in [4.78, 5) is 11.5. The molecule has 1 aromatic rings. The number of hydrogen-bond donors (Lipinski definition) is 1. The minimum Gasteiger partial charge on any atom is -0.404 e. The van der Waals surface area contributed by atoms with Gasteiger partial charge in [0.05, 0.1) is 6.17 Å². The summed E-state index contributed by atoms with van der Waals surface area (Å²) in [5.41, 5.74) is 0. The SMILES string of the molecule is CO[Si](CNC(=O)Oc1c(F)c(F)c(F)c(F)c1F)(OC)OC. The van der Waals surface area contributed by atoms with Gasteiger partial charge in [-0.2, -0.15) is 8.78 Å². The molecule has 6 nitrogen and oxygen atoms in total. The largest absolute Gasteiger partial charge is 0.520 e. The molecule has 1 N–H and O–H groups in total. The van der Waals surface area contributed by atoms with Crippen molar-refractivity contribution in [3.8, 4) is 5.75 Å². The second-order valence-corrected chi connectivity index (χ2v) is 6.88. The lowest BCUT2D eigenvalue weighted by Gasteiger charge is -2.24. The Bertz CT molecular complexity index is 561. The molecule has 1 aromatic carbocycles. The Morgan fingerprint density at radius 3 is 1.65 bits per heavy atom. The van der Waals surface area contributed by atoms with E-state index in [1.807, 2.05) is 5.32 Å². The van der Waals surface area contributed by atoms with E-state index in [4.69, 9.17) is 13.3 Å². The quantitative estimate of drug-likeness (QED) is 0.363. The normalized spacial score (nSPS) is 11.5. The molecule has 0 fully saturated rings. The predicted molar refractivity (Wildman–Crippen MR) is 67.0 cm³/mol. The summed E-state index contributed by atoms with van der Waals surface area (Å²) >= 11 is 0. The van der Waals surface area contributed by atoms with Crippen LogP contribution in [-0.2, 0) is 13.3 Å². The summed E-state index contributed by atoms with van der Waals surface area (Å²) in [5, 5.41) is 1.99. The van der Waals surface area contributed by atoms with Gasteiger partial charge in [0.2, 0.25) is 34.8 Å². The molecule has 0 aliphatic heterocycles. The maximum absolute atomic E-state index is 13.3. The van der Waals surface area contributed by atoms with Crippen molar-refractivity contribution in [1.82, 2.24) is 5.32 Å². The first kappa shape index (κ1) is 19.3. The van der Waals surface area contributed by atoms with Gasteiger partial charge in [0.1, 0.15) is 0 Å². The smallest absolute Gasteiger partial charge is 0.404 e. The van der Waals surface area contributed by atoms with Gasteiger partial charge in [0.15, 0.2) is 0 Å². The monoisotopic (exact) mass is 361 g/mol. The summed E-state index contributed by atoms with van der Waals surface area (Å²) in [6.07, 6.45) is -1.86. The molecule has 0 bridgehead atoms. The van der Waals surface area contributed by atoms with E-state index < -0.39 is 49.7 Å². The number of benzene rings is 1. The van der Waals surface area contributed by atoms with E-state index >= 15 is 0 Å². The van der Waals surface area contributed by atoms with Gasteiger partial charge in [-0.15, -0.1) is 0 Å². The van der Waals surface area contributed by atoms with Crippen molar-refractivity contribution < 1.29 is 44.8 Å². The van der Waals surface area contributed by atoms with E-state index in [2.05, 4.69) is 4.74 Å². The molecular formula is C11H12F5NO5Si. The molecule has 0 radical (unpaired) electrons. The molecule has 130 valence electrons. The van der Waals surface area contributed by atoms with Crippen molar-refractivity contribution in [1.29, 1.82) is 0 Å². The third kappa shape index (κ3) is 3.96. The third-order valence-corrected chi connectivity index (χ3v) is 5.22. The molecule has 0 atom stereocenters. The number of hydrogen-bond acceptors (Lipinski definition) is 5. The molecule has 0 saturated heterocycles. The number of nitrogens with one attached hydrogen (secondary N) is 1. The minimum absolute atomic E-state index is 0.370. The van der Waals surface area contributed by atoms with Crippen LogP contribution in [0.1, 0.15) is 0 Å². The molecular weight excluding hydrogens is 349 g/mol. The maximum atomic E-state index is 13.3. The van der Waals surface area contributed by atoms with E-state index in [1.165, 1.54) is 21.3 Å². The average molecular weight is 361 g/mol. The van der Waals surface area contributed by atoms with Crippen LogP contribution < -0.4 is 10.1 Å². The van der Waals surface area contributed by atoms with Crippen molar-refractivity contribution in [3.05, 3.63) is 29.1 Å². The van der Waals surface area contributed by atoms with Gasteiger partial charge in [-0.3, -0.25) is 0 Å². The average Bonchev–Trinajstić information content (AvgIpc) is 2.57. The number of ether oxygens (including phenoxy) is 1. The zero-order valence-corrected chi connectivity index (χ0v) is 13.1. The summed E-state index contributed by atoms with van der Waals surface area (Å²) in [7, 11) is 0.434. The van der Waals surface area contributed by atoms with Crippen LogP contribution in [0.2, 0.25) is 0 Å². The first-order valence-corrected chi connectivity index (χ1v) is 7.78. The van der Waals surface area contributed by atoms with E-state index in [0.29, 0.717) is 0 Å². The fourth-order valence-corrected chi connectivity index (χ4v) is 2.74. The zero-order chi connectivity index (χ0) is 17.8. The molecule has 1 rings (SSSR count). The number of amides is 1. The lowest BCUT2D eigenvalue weighted by Crippen LogP contribution is -2.53. The highest BCUT2D eigenvalue weighted by Gasteiger charge is 2.39. The van der Waals surface area contributed by atoms with E-state index in [1.54, 1.807) is 0 Å². The molecule has 0 saturated carbocycles. The fourth-order valence-electron chi connectivity index (χ4n) is 1.45. The summed E-state index contributed by atoms with van der Waals surface area (Å²) in [6, 6.07) is 0. The van der Waals surface area contributed by atoms with Crippen LogP contribution in [0, 0.1) is 29.1 Å². The summed E-state index contributed by atoms with van der Waals surface area (Å²) < 4.78 is 84.4. The van der Waals surface area contributed by atoms with Gasteiger partial charge in [-0.05, 0) is 0 Å². The number of halogens is 5. The van der Waals surface area contributed by atoms with Crippen molar-refractivity contribution in [2.75, 3.05) is 27.5 Å². The summed E-state index contributed by atoms with van der Waals surface area (Å²) in [6.45, 7) is 0. The predicted octanol–water partition coefficient (Wildman–Crippen LogP) is 1.89. The Labute approximate surface area is 128 Å². The van der Waals surface area contributed by atoms with Crippen LogP contribution in [0.4, 0.5) is 26.7 Å². The maximum Gasteiger partial charge on any atom is 0.520 e. The van der Waals surface area contributed by atoms with Crippen LogP contribution in [-0.4, -0.2) is 42.4 Å². The Kier molecular flexibility index (Phi) is 6.43. The lowest BCUT2D eigenvalue weighted by molar-refractivity contribution is 0.120. The van der Waals surface area contributed by atoms with Crippen LogP contribution in [0.15, 0.2) is 0 Å². The minimum atomic E-state index is -3.26. The second-order valence-electron chi connectivity index (χ2n) is 3.94. The molecule has 1 amide bonds. The zero-order valence-electron chi connectivity index (χ0n) is 12.1. The Balaban J connectivity index is 2.91. The van der Waals surface area contributed by atoms with Crippen molar-refractivity contribution in [2.24, 2.45) is 0 Å².